The standard InChI is InChI=1S/C17H15F2N5OS/c1-10-6-3-4-9-14(10)24-17(21-22-23-24)26-11(2)16(25)20-15-12(18)7-5-8-13(15)19/h3-9,11H,1-2H3,(H,20,25)/t11-/m1/s1. The highest BCUT2D eigenvalue weighted by molar-refractivity contribution is 8.00. The maximum atomic E-state index is 13.7. The minimum absolute atomic E-state index is 0.399. The fraction of sp³-hybridized carbons (Fsp3) is 0.176. The molecule has 0 aliphatic carbocycles. The molecule has 9 heteroatoms. The number of aryl methyl sites for hydroxylation is 1. The molecule has 0 fully saturated rings. The van der Waals surface area contributed by atoms with Crippen molar-refractivity contribution < 1.29 is 13.6 Å². The molecule has 3 rings (SSSR count). The second-order valence-corrected chi connectivity index (χ2v) is 6.81. The summed E-state index contributed by atoms with van der Waals surface area (Å²) in [5.74, 6) is -2.22. The molecule has 0 radical (unpaired) electrons. The van der Waals surface area contributed by atoms with Gasteiger partial charge in [0.2, 0.25) is 11.1 Å². The number of aromatic nitrogens is 4. The van der Waals surface area contributed by atoms with Gasteiger partial charge in [-0.1, -0.05) is 36.0 Å². The first-order chi connectivity index (χ1) is 12.5. The summed E-state index contributed by atoms with van der Waals surface area (Å²) in [5, 5.41) is 13.5. The Balaban J connectivity index is 1.77. The molecule has 0 bridgehead atoms. The summed E-state index contributed by atoms with van der Waals surface area (Å²) in [4.78, 5) is 12.3. The van der Waals surface area contributed by atoms with Crippen molar-refractivity contribution in [3.05, 3.63) is 59.7 Å². The van der Waals surface area contributed by atoms with E-state index >= 15 is 0 Å². The van der Waals surface area contributed by atoms with Crippen LogP contribution in [0.15, 0.2) is 47.6 Å². The lowest BCUT2D eigenvalue weighted by molar-refractivity contribution is -0.115. The molecular formula is C17H15F2N5OS. The Hall–Kier alpha value is -2.81. The molecule has 1 N–H and O–H groups in total. The summed E-state index contributed by atoms with van der Waals surface area (Å²) in [5.41, 5.74) is 1.28. The number of nitrogens with one attached hydrogen (secondary N) is 1. The zero-order valence-corrected chi connectivity index (χ0v) is 14.8. The van der Waals surface area contributed by atoms with Crippen LogP contribution in [0.2, 0.25) is 0 Å². The van der Waals surface area contributed by atoms with E-state index in [1.165, 1.54) is 10.7 Å². The third-order valence-corrected chi connectivity index (χ3v) is 4.68. The van der Waals surface area contributed by atoms with Crippen molar-refractivity contribution in [1.82, 2.24) is 20.2 Å². The Bertz CT molecular complexity index is 926. The third kappa shape index (κ3) is 3.72. The number of carbonyl (C=O) groups is 1. The smallest absolute Gasteiger partial charge is 0.237 e. The first-order valence-corrected chi connectivity index (χ1v) is 8.61. The maximum absolute atomic E-state index is 13.7. The van der Waals surface area contributed by atoms with Crippen LogP contribution in [-0.4, -0.2) is 31.4 Å². The van der Waals surface area contributed by atoms with Gasteiger partial charge in [-0.2, -0.15) is 4.68 Å². The van der Waals surface area contributed by atoms with E-state index in [0.717, 1.165) is 35.1 Å². The Kier molecular flexibility index (Phi) is 5.27. The highest BCUT2D eigenvalue weighted by Crippen LogP contribution is 2.26. The predicted molar refractivity (Wildman–Crippen MR) is 94.2 cm³/mol. The van der Waals surface area contributed by atoms with Crippen molar-refractivity contribution in [2.24, 2.45) is 0 Å². The van der Waals surface area contributed by atoms with Crippen LogP contribution < -0.4 is 5.32 Å². The van der Waals surface area contributed by atoms with Gasteiger partial charge in [0, 0.05) is 0 Å². The molecule has 0 spiro atoms. The van der Waals surface area contributed by atoms with Gasteiger partial charge in [-0.05, 0) is 48.0 Å². The van der Waals surface area contributed by atoms with E-state index in [1.54, 1.807) is 6.92 Å². The molecule has 1 atom stereocenters. The van der Waals surface area contributed by atoms with Crippen LogP contribution in [0.5, 0.6) is 0 Å². The number of rotatable bonds is 5. The number of halogens is 2. The average Bonchev–Trinajstić information content (AvgIpc) is 3.06. The van der Waals surface area contributed by atoms with E-state index in [1.807, 2.05) is 31.2 Å². The van der Waals surface area contributed by atoms with Crippen molar-refractivity contribution in [2.75, 3.05) is 5.32 Å². The van der Waals surface area contributed by atoms with Crippen molar-refractivity contribution in [1.29, 1.82) is 0 Å². The molecule has 2 aromatic carbocycles. The van der Waals surface area contributed by atoms with Gasteiger partial charge in [0.15, 0.2) is 0 Å². The molecule has 0 saturated carbocycles. The summed E-state index contributed by atoms with van der Waals surface area (Å²) in [6.07, 6.45) is 0. The van der Waals surface area contributed by atoms with E-state index in [4.69, 9.17) is 0 Å². The summed E-state index contributed by atoms with van der Waals surface area (Å²) < 4.78 is 28.9. The number of benzene rings is 2. The number of anilines is 1. The molecule has 0 saturated heterocycles. The lowest BCUT2D eigenvalue weighted by atomic mass is 10.2. The Morgan fingerprint density at radius 2 is 1.85 bits per heavy atom. The van der Waals surface area contributed by atoms with Crippen molar-refractivity contribution in [3.8, 4) is 5.69 Å². The lowest BCUT2D eigenvalue weighted by Crippen LogP contribution is -2.24. The Labute approximate surface area is 152 Å². The summed E-state index contributed by atoms with van der Waals surface area (Å²) >= 11 is 1.09. The summed E-state index contributed by atoms with van der Waals surface area (Å²) in [6, 6.07) is 10.9. The number of amides is 1. The molecule has 0 unspecified atom stereocenters. The van der Waals surface area contributed by atoms with Crippen LogP contribution in [0.1, 0.15) is 12.5 Å². The van der Waals surface area contributed by atoms with Crippen LogP contribution in [0, 0.1) is 18.6 Å². The SMILES string of the molecule is Cc1ccccc1-n1nnnc1S[C@H](C)C(=O)Nc1c(F)cccc1F. The molecule has 3 aromatic rings. The van der Waals surface area contributed by atoms with Crippen molar-refractivity contribution in [2.45, 2.75) is 24.3 Å². The summed E-state index contributed by atoms with van der Waals surface area (Å²) in [6.45, 7) is 3.53. The van der Waals surface area contributed by atoms with Crippen LogP contribution in [-0.2, 0) is 4.79 Å². The first kappa shape index (κ1) is 18.0. The molecule has 0 aliphatic rings. The van der Waals surface area contributed by atoms with Gasteiger partial charge in [0.25, 0.3) is 0 Å². The topological polar surface area (TPSA) is 72.7 Å². The van der Waals surface area contributed by atoms with E-state index in [2.05, 4.69) is 20.8 Å². The molecule has 26 heavy (non-hydrogen) atoms. The fourth-order valence-corrected chi connectivity index (χ4v) is 3.06. The zero-order valence-electron chi connectivity index (χ0n) is 14.0. The number of hydrogen-bond donors (Lipinski definition) is 1. The van der Waals surface area contributed by atoms with Crippen molar-refractivity contribution >= 4 is 23.4 Å². The quantitative estimate of drug-likeness (QED) is 0.692. The predicted octanol–water partition coefficient (Wildman–Crippen LogP) is 3.37. The Morgan fingerprint density at radius 3 is 2.54 bits per heavy atom. The lowest BCUT2D eigenvalue weighted by Gasteiger charge is -2.13. The van der Waals surface area contributed by atoms with Crippen molar-refractivity contribution in [3.63, 3.8) is 0 Å². The van der Waals surface area contributed by atoms with Gasteiger partial charge >= 0.3 is 0 Å². The molecule has 1 aromatic heterocycles. The molecule has 1 heterocycles. The van der Waals surface area contributed by atoms with Gasteiger partial charge in [-0.3, -0.25) is 4.79 Å². The van der Waals surface area contributed by atoms with E-state index in [-0.39, 0.29) is 0 Å². The molecule has 0 aliphatic heterocycles. The molecule has 1 amide bonds. The monoisotopic (exact) mass is 375 g/mol. The third-order valence-electron chi connectivity index (χ3n) is 3.65. The van der Waals surface area contributed by atoms with Gasteiger partial charge in [-0.25, -0.2) is 8.78 Å². The van der Waals surface area contributed by atoms with E-state index in [9.17, 15) is 13.6 Å². The van der Waals surface area contributed by atoms with E-state index in [0.29, 0.717) is 5.16 Å². The molecule has 134 valence electrons. The summed E-state index contributed by atoms with van der Waals surface area (Å²) in [7, 11) is 0. The van der Waals surface area contributed by atoms with Gasteiger partial charge < -0.3 is 5.32 Å². The Morgan fingerprint density at radius 1 is 1.15 bits per heavy atom. The zero-order chi connectivity index (χ0) is 18.7. The number of hydrogen-bond acceptors (Lipinski definition) is 5. The normalized spacial score (nSPS) is 12.0. The van der Waals surface area contributed by atoms with Crippen LogP contribution in [0.4, 0.5) is 14.5 Å². The fourth-order valence-electron chi connectivity index (χ4n) is 2.26. The number of nitrogens with zero attached hydrogens (tertiary/aromatic N) is 4. The minimum Gasteiger partial charge on any atom is -0.320 e. The number of para-hydroxylation sites is 2. The van der Waals surface area contributed by atoms with Crippen LogP contribution in [0.25, 0.3) is 5.69 Å². The maximum Gasteiger partial charge on any atom is 0.237 e. The number of carbonyl (C=O) groups excluding carboxylic acids is 1. The highest BCUT2D eigenvalue weighted by atomic mass is 32.2. The van der Waals surface area contributed by atoms with Gasteiger partial charge in [-0.15, -0.1) is 5.10 Å². The van der Waals surface area contributed by atoms with Gasteiger partial charge in [0.05, 0.1) is 10.9 Å². The first-order valence-electron chi connectivity index (χ1n) is 7.73. The second-order valence-electron chi connectivity index (χ2n) is 5.51. The van der Waals surface area contributed by atoms with Crippen LogP contribution >= 0.6 is 11.8 Å². The minimum atomic E-state index is -0.833. The number of tetrazole rings is 1. The average molecular weight is 375 g/mol. The largest absolute Gasteiger partial charge is 0.320 e. The molecular weight excluding hydrogens is 360 g/mol. The molecule has 6 nitrogen and oxygen atoms in total. The highest BCUT2D eigenvalue weighted by Gasteiger charge is 2.22. The number of thioether (sulfide) groups is 1. The second kappa shape index (κ2) is 7.61. The van der Waals surface area contributed by atoms with Gasteiger partial charge in [0.1, 0.15) is 17.3 Å². The van der Waals surface area contributed by atoms with E-state index < -0.39 is 28.5 Å². The van der Waals surface area contributed by atoms with Crippen LogP contribution in [0.3, 0.4) is 0 Å².